The maximum atomic E-state index is 11.8. The fourth-order valence-corrected chi connectivity index (χ4v) is 4.00. The summed E-state index contributed by atoms with van der Waals surface area (Å²) in [5.41, 5.74) is -0.447. The lowest BCUT2D eigenvalue weighted by atomic mass is 9.82. The number of ether oxygens (including phenoxy) is 1. The van der Waals surface area contributed by atoms with Gasteiger partial charge in [0.1, 0.15) is 5.60 Å². The van der Waals surface area contributed by atoms with Gasteiger partial charge in [-0.05, 0) is 58.3 Å². The summed E-state index contributed by atoms with van der Waals surface area (Å²) in [5.74, 6) is 1.41. The molecule has 1 saturated heterocycles. The number of hydrogen-bond donors (Lipinski definition) is 1. The molecule has 0 aromatic rings. The summed E-state index contributed by atoms with van der Waals surface area (Å²) < 4.78 is 5.26. The molecule has 1 atom stereocenters. The van der Waals surface area contributed by atoms with Crippen molar-refractivity contribution in [2.45, 2.75) is 63.3 Å². The van der Waals surface area contributed by atoms with Gasteiger partial charge in [0, 0.05) is 30.9 Å². The van der Waals surface area contributed by atoms with E-state index in [1.165, 1.54) is 0 Å². The van der Waals surface area contributed by atoms with Crippen LogP contribution in [-0.2, 0) is 9.53 Å². The van der Waals surface area contributed by atoms with Gasteiger partial charge in [0.2, 0.25) is 5.91 Å². The first-order valence-corrected chi connectivity index (χ1v) is 9.53. The van der Waals surface area contributed by atoms with Gasteiger partial charge in [-0.2, -0.15) is 0 Å². The van der Waals surface area contributed by atoms with Gasteiger partial charge in [-0.3, -0.25) is 4.79 Å². The standard InChI is InChI=1S/C17H29BrN2O3/c1-17(2,3)23-16(22)19-9-12-4-6-13(7-5-12)10-20-11-14(18)8-15(20)21/h12-14H,4-11H2,1-3H3,(H,19,22). The molecule has 1 heterocycles. The zero-order valence-corrected chi connectivity index (χ0v) is 16.0. The van der Waals surface area contributed by atoms with Crippen LogP contribution in [0.25, 0.3) is 0 Å². The van der Waals surface area contributed by atoms with Crippen LogP contribution in [0.2, 0.25) is 0 Å². The van der Waals surface area contributed by atoms with Crippen LogP contribution >= 0.6 is 15.9 Å². The van der Waals surface area contributed by atoms with Crippen LogP contribution < -0.4 is 5.32 Å². The lowest BCUT2D eigenvalue weighted by Gasteiger charge is -2.31. The molecule has 2 rings (SSSR count). The summed E-state index contributed by atoms with van der Waals surface area (Å²) in [7, 11) is 0. The first-order valence-electron chi connectivity index (χ1n) is 8.61. The SMILES string of the molecule is CC(C)(C)OC(=O)NCC1CCC(CN2CC(Br)CC2=O)CC1. The summed E-state index contributed by atoms with van der Waals surface area (Å²) in [6, 6.07) is 0. The van der Waals surface area contributed by atoms with E-state index in [2.05, 4.69) is 21.2 Å². The van der Waals surface area contributed by atoms with Crippen LogP contribution in [0.5, 0.6) is 0 Å². The van der Waals surface area contributed by atoms with E-state index in [9.17, 15) is 9.59 Å². The van der Waals surface area contributed by atoms with Crippen molar-refractivity contribution in [1.29, 1.82) is 0 Å². The van der Waals surface area contributed by atoms with Crippen LogP contribution in [0.4, 0.5) is 4.79 Å². The molecule has 0 bridgehead atoms. The largest absolute Gasteiger partial charge is 0.444 e. The molecule has 1 unspecified atom stereocenters. The van der Waals surface area contributed by atoms with Crippen molar-refractivity contribution in [3.8, 4) is 0 Å². The highest BCUT2D eigenvalue weighted by Crippen LogP contribution is 2.30. The lowest BCUT2D eigenvalue weighted by Crippen LogP contribution is -2.37. The molecule has 6 heteroatoms. The average Bonchev–Trinajstić information content (AvgIpc) is 2.74. The Labute approximate surface area is 147 Å². The first-order chi connectivity index (χ1) is 10.7. The second kappa shape index (κ2) is 7.86. The molecule has 2 fully saturated rings. The summed E-state index contributed by atoms with van der Waals surface area (Å²) in [6.07, 6.45) is 4.80. The fourth-order valence-electron chi connectivity index (χ4n) is 3.37. The zero-order valence-electron chi connectivity index (χ0n) is 14.4. The van der Waals surface area contributed by atoms with Gasteiger partial charge in [0.05, 0.1) is 0 Å². The van der Waals surface area contributed by atoms with Gasteiger partial charge in [-0.1, -0.05) is 15.9 Å². The molecule has 1 N–H and O–H groups in total. The van der Waals surface area contributed by atoms with Crippen molar-refractivity contribution in [2.75, 3.05) is 19.6 Å². The van der Waals surface area contributed by atoms with Crippen LogP contribution in [0.15, 0.2) is 0 Å². The Morgan fingerprint density at radius 1 is 1.26 bits per heavy atom. The maximum absolute atomic E-state index is 11.8. The van der Waals surface area contributed by atoms with Crippen LogP contribution in [0.1, 0.15) is 52.9 Å². The number of alkyl carbamates (subject to hydrolysis) is 1. The molecule has 5 nitrogen and oxygen atoms in total. The normalized spacial score (nSPS) is 28.8. The number of halogens is 1. The molecule has 0 aromatic carbocycles. The van der Waals surface area contributed by atoms with E-state index in [4.69, 9.17) is 4.74 Å². The van der Waals surface area contributed by atoms with Crippen molar-refractivity contribution in [3.63, 3.8) is 0 Å². The van der Waals surface area contributed by atoms with Crippen LogP contribution in [-0.4, -0.2) is 47.0 Å². The lowest BCUT2D eigenvalue weighted by molar-refractivity contribution is -0.128. The molecule has 1 aliphatic heterocycles. The Morgan fingerprint density at radius 3 is 2.39 bits per heavy atom. The highest BCUT2D eigenvalue weighted by molar-refractivity contribution is 9.09. The molecule has 0 aromatic heterocycles. The third-order valence-corrected chi connectivity index (χ3v) is 5.16. The molecule has 1 aliphatic carbocycles. The number of amides is 2. The average molecular weight is 389 g/mol. The van der Waals surface area contributed by atoms with Crippen molar-refractivity contribution < 1.29 is 14.3 Å². The Kier molecular flexibility index (Phi) is 6.34. The molecule has 1 saturated carbocycles. The van der Waals surface area contributed by atoms with Gasteiger partial charge < -0.3 is 15.0 Å². The van der Waals surface area contributed by atoms with E-state index in [0.717, 1.165) is 38.8 Å². The zero-order chi connectivity index (χ0) is 17.0. The van der Waals surface area contributed by atoms with Crippen molar-refractivity contribution >= 4 is 27.9 Å². The number of likely N-dealkylation sites (tertiary alicyclic amines) is 1. The Hall–Kier alpha value is -0.780. The van der Waals surface area contributed by atoms with Gasteiger partial charge in [0.25, 0.3) is 0 Å². The number of hydrogen-bond acceptors (Lipinski definition) is 3. The van der Waals surface area contributed by atoms with E-state index >= 15 is 0 Å². The maximum Gasteiger partial charge on any atom is 0.407 e. The van der Waals surface area contributed by atoms with E-state index in [-0.39, 0.29) is 12.0 Å². The number of rotatable bonds is 4. The third kappa shape index (κ3) is 6.32. The second-order valence-electron chi connectivity index (χ2n) is 7.87. The number of carbonyl (C=O) groups is 2. The Morgan fingerprint density at radius 2 is 1.87 bits per heavy atom. The van der Waals surface area contributed by atoms with Gasteiger partial charge >= 0.3 is 6.09 Å². The summed E-state index contributed by atoms with van der Waals surface area (Å²) in [5, 5.41) is 2.88. The molecule has 0 spiro atoms. The Bertz CT molecular complexity index is 428. The minimum atomic E-state index is -0.447. The van der Waals surface area contributed by atoms with E-state index in [0.29, 0.717) is 29.6 Å². The third-order valence-electron chi connectivity index (χ3n) is 4.55. The van der Waals surface area contributed by atoms with Gasteiger partial charge in [-0.15, -0.1) is 0 Å². The molecule has 132 valence electrons. The predicted molar refractivity (Wildman–Crippen MR) is 93.6 cm³/mol. The summed E-state index contributed by atoms with van der Waals surface area (Å²) in [4.78, 5) is 25.9. The Balaban J connectivity index is 1.64. The molecule has 2 aliphatic rings. The summed E-state index contributed by atoms with van der Waals surface area (Å²) >= 11 is 3.53. The summed E-state index contributed by atoms with van der Waals surface area (Å²) in [6.45, 7) is 8.04. The quantitative estimate of drug-likeness (QED) is 0.751. The van der Waals surface area contributed by atoms with E-state index < -0.39 is 5.60 Å². The highest BCUT2D eigenvalue weighted by atomic mass is 79.9. The predicted octanol–water partition coefficient (Wildman–Crippen LogP) is 3.31. The number of carbonyl (C=O) groups excluding carboxylic acids is 2. The van der Waals surface area contributed by atoms with Crippen molar-refractivity contribution in [2.24, 2.45) is 11.8 Å². The second-order valence-corrected chi connectivity index (χ2v) is 9.16. The number of nitrogens with one attached hydrogen (secondary N) is 1. The van der Waals surface area contributed by atoms with Gasteiger partial charge in [0.15, 0.2) is 0 Å². The monoisotopic (exact) mass is 388 g/mol. The molecule has 0 radical (unpaired) electrons. The topological polar surface area (TPSA) is 58.6 Å². The molecule has 23 heavy (non-hydrogen) atoms. The van der Waals surface area contributed by atoms with Crippen LogP contribution in [0.3, 0.4) is 0 Å². The fraction of sp³-hybridized carbons (Fsp3) is 0.882. The molecule has 2 amide bonds. The molecular weight excluding hydrogens is 360 g/mol. The van der Waals surface area contributed by atoms with Crippen molar-refractivity contribution in [3.05, 3.63) is 0 Å². The number of nitrogens with zero attached hydrogens (tertiary/aromatic N) is 1. The minimum Gasteiger partial charge on any atom is -0.444 e. The number of alkyl halides is 1. The van der Waals surface area contributed by atoms with Crippen LogP contribution in [0, 0.1) is 11.8 Å². The minimum absolute atomic E-state index is 0.278. The smallest absolute Gasteiger partial charge is 0.407 e. The van der Waals surface area contributed by atoms with E-state index in [1.54, 1.807) is 0 Å². The molecular formula is C17H29BrN2O3. The van der Waals surface area contributed by atoms with Crippen molar-refractivity contribution in [1.82, 2.24) is 10.2 Å². The van der Waals surface area contributed by atoms with E-state index in [1.807, 2.05) is 25.7 Å². The van der Waals surface area contributed by atoms with Gasteiger partial charge in [-0.25, -0.2) is 4.79 Å². The highest BCUT2D eigenvalue weighted by Gasteiger charge is 2.31. The first kappa shape index (κ1) is 18.6.